The van der Waals surface area contributed by atoms with Crippen LogP contribution in [0.15, 0.2) is 24.3 Å². The zero-order valence-corrected chi connectivity index (χ0v) is 10.2. The molecule has 2 aliphatic rings. The zero-order chi connectivity index (χ0) is 10.9. The standard InChI is InChI=1S/C15H20/c1-13(2)11-7-5-6-8-12(11)14(3,4)15(13)9-10-15/h5-8H,9-10H2,1-4H3. The van der Waals surface area contributed by atoms with Gasteiger partial charge in [-0.15, -0.1) is 0 Å². The molecule has 0 aliphatic heterocycles. The Bertz CT molecular complexity index is 382. The van der Waals surface area contributed by atoms with Crippen LogP contribution in [0.25, 0.3) is 0 Å². The molecule has 15 heavy (non-hydrogen) atoms. The van der Waals surface area contributed by atoms with E-state index in [9.17, 15) is 0 Å². The second-order valence-electron chi connectivity index (χ2n) is 6.38. The maximum absolute atomic E-state index is 2.44. The van der Waals surface area contributed by atoms with Crippen molar-refractivity contribution in [2.24, 2.45) is 5.41 Å². The second kappa shape index (κ2) is 2.31. The lowest BCUT2D eigenvalue weighted by Crippen LogP contribution is -2.35. The highest BCUT2D eigenvalue weighted by atomic mass is 14.7. The van der Waals surface area contributed by atoms with Gasteiger partial charge in [-0.3, -0.25) is 0 Å². The van der Waals surface area contributed by atoms with E-state index in [1.807, 2.05) is 0 Å². The van der Waals surface area contributed by atoms with Crippen molar-refractivity contribution in [1.82, 2.24) is 0 Å². The number of hydrogen-bond donors (Lipinski definition) is 0. The van der Waals surface area contributed by atoms with Gasteiger partial charge in [0, 0.05) is 0 Å². The van der Waals surface area contributed by atoms with Gasteiger partial charge in [0.25, 0.3) is 0 Å². The van der Waals surface area contributed by atoms with Crippen LogP contribution in [-0.2, 0) is 10.8 Å². The van der Waals surface area contributed by atoms with Crippen LogP contribution in [0.1, 0.15) is 51.7 Å². The highest BCUT2D eigenvalue weighted by Crippen LogP contribution is 2.73. The predicted octanol–water partition coefficient (Wildman–Crippen LogP) is 4.04. The van der Waals surface area contributed by atoms with Crippen molar-refractivity contribution in [3.8, 4) is 0 Å². The first kappa shape index (κ1) is 9.45. The molecule has 0 bridgehead atoms. The van der Waals surface area contributed by atoms with Crippen molar-refractivity contribution in [3.05, 3.63) is 35.4 Å². The van der Waals surface area contributed by atoms with Crippen LogP contribution < -0.4 is 0 Å². The van der Waals surface area contributed by atoms with E-state index in [1.165, 1.54) is 12.8 Å². The summed E-state index contributed by atoms with van der Waals surface area (Å²) in [6.07, 6.45) is 2.81. The Morgan fingerprint density at radius 3 is 1.53 bits per heavy atom. The molecular formula is C15H20. The average Bonchev–Trinajstić information content (AvgIpc) is 2.96. The molecule has 1 saturated carbocycles. The molecule has 0 amide bonds. The molecule has 0 saturated heterocycles. The Kier molecular flexibility index (Phi) is 1.46. The molecule has 1 spiro atoms. The summed E-state index contributed by atoms with van der Waals surface area (Å²) < 4.78 is 0. The van der Waals surface area contributed by atoms with E-state index in [1.54, 1.807) is 11.1 Å². The molecule has 0 nitrogen and oxygen atoms in total. The summed E-state index contributed by atoms with van der Waals surface area (Å²) in [4.78, 5) is 0. The second-order valence-corrected chi connectivity index (χ2v) is 6.38. The van der Waals surface area contributed by atoms with E-state index in [2.05, 4.69) is 52.0 Å². The third-order valence-electron chi connectivity index (χ3n) is 5.42. The molecule has 1 aromatic rings. The molecule has 0 aromatic heterocycles. The Hall–Kier alpha value is -0.780. The molecule has 3 rings (SSSR count). The molecule has 0 heteroatoms. The Labute approximate surface area is 92.7 Å². The van der Waals surface area contributed by atoms with E-state index < -0.39 is 0 Å². The lowest BCUT2D eigenvalue weighted by molar-refractivity contribution is 0.211. The highest BCUT2D eigenvalue weighted by molar-refractivity contribution is 5.51. The van der Waals surface area contributed by atoms with Gasteiger partial charge in [0.2, 0.25) is 0 Å². The van der Waals surface area contributed by atoms with Crippen LogP contribution in [-0.4, -0.2) is 0 Å². The Morgan fingerprint density at radius 2 is 1.20 bits per heavy atom. The lowest BCUT2D eigenvalue weighted by atomic mass is 9.67. The summed E-state index contributed by atoms with van der Waals surface area (Å²) in [5.74, 6) is 0. The molecule has 0 atom stereocenters. The number of hydrogen-bond acceptors (Lipinski definition) is 0. The normalized spacial score (nSPS) is 27.7. The molecule has 0 heterocycles. The van der Waals surface area contributed by atoms with E-state index in [0.717, 1.165) is 0 Å². The van der Waals surface area contributed by atoms with E-state index >= 15 is 0 Å². The van der Waals surface area contributed by atoms with E-state index in [4.69, 9.17) is 0 Å². The van der Waals surface area contributed by atoms with Gasteiger partial charge in [-0.1, -0.05) is 52.0 Å². The monoisotopic (exact) mass is 200 g/mol. The van der Waals surface area contributed by atoms with Gasteiger partial charge in [-0.05, 0) is 40.2 Å². The molecule has 2 aliphatic carbocycles. The predicted molar refractivity (Wildman–Crippen MR) is 64.2 cm³/mol. The lowest BCUT2D eigenvalue weighted by Gasteiger charge is -2.36. The van der Waals surface area contributed by atoms with E-state index in [0.29, 0.717) is 16.2 Å². The summed E-state index contributed by atoms with van der Waals surface area (Å²) in [6.45, 7) is 9.75. The fourth-order valence-electron chi connectivity index (χ4n) is 4.24. The third-order valence-corrected chi connectivity index (χ3v) is 5.42. The van der Waals surface area contributed by atoms with Gasteiger partial charge in [0.05, 0.1) is 0 Å². The van der Waals surface area contributed by atoms with Gasteiger partial charge in [0.15, 0.2) is 0 Å². The van der Waals surface area contributed by atoms with Crippen molar-refractivity contribution in [1.29, 1.82) is 0 Å². The van der Waals surface area contributed by atoms with Gasteiger partial charge < -0.3 is 0 Å². The van der Waals surface area contributed by atoms with Crippen LogP contribution in [0.5, 0.6) is 0 Å². The SMILES string of the molecule is CC1(C)c2ccccc2C(C)(C)C12CC2. The molecule has 0 N–H and O–H groups in total. The van der Waals surface area contributed by atoms with Crippen molar-refractivity contribution in [3.63, 3.8) is 0 Å². The molecule has 1 aromatic carbocycles. The Morgan fingerprint density at radius 1 is 0.800 bits per heavy atom. The largest absolute Gasteiger partial charge is 0.0620 e. The summed E-state index contributed by atoms with van der Waals surface area (Å²) in [5.41, 5.74) is 4.46. The van der Waals surface area contributed by atoms with Crippen molar-refractivity contribution in [2.75, 3.05) is 0 Å². The number of fused-ring (bicyclic) bond motifs is 1. The molecule has 80 valence electrons. The average molecular weight is 200 g/mol. The summed E-state index contributed by atoms with van der Waals surface area (Å²) >= 11 is 0. The summed E-state index contributed by atoms with van der Waals surface area (Å²) in [5, 5.41) is 0. The minimum absolute atomic E-state index is 0.368. The topological polar surface area (TPSA) is 0 Å². The van der Waals surface area contributed by atoms with Crippen LogP contribution in [0.2, 0.25) is 0 Å². The fraction of sp³-hybridized carbons (Fsp3) is 0.600. The third kappa shape index (κ3) is 0.814. The summed E-state index contributed by atoms with van der Waals surface area (Å²) in [6, 6.07) is 9.06. The van der Waals surface area contributed by atoms with Crippen molar-refractivity contribution < 1.29 is 0 Å². The molecule has 0 unspecified atom stereocenters. The van der Waals surface area contributed by atoms with E-state index in [-0.39, 0.29) is 0 Å². The zero-order valence-electron chi connectivity index (χ0n) is 10.2. The fourth-order valence-corrected chi connectivity index (χ4v) is 4.24. The van der Waals surface area contributed by atoms with Gasteiger partial charge in [0.1, 0.15) is 0 Å². The minimum Gasteiger partial charge on any atom is -0.0620 e. The van der Waals surface area contributed by atoms with Gasteiger partial charge in [-0.25, -0.2) is 0 Å². The van der Waals surface area contributed by atoms with Crippen LogP contribution in [0.4, 0.5) is 0 Å². The summed E-state index contributed by atoms with van der Waals surface area (Å²) in [7, 11) is 0. The molecule has 0 radical (unpaired) electrons. The number of rotatable bonds is 0. The van der Waals surface area contributed by atoms with Crippen molar-refractivity contribution in [2.45, 2.75) is 51.4 Å². The minimum atomic E-state index is 0.368. The maximum atomic E-state index is 2.44. The van der Waals surface area contributed by atoms with Crippen LogP contribution >= 0.6 is 0 Å². The number of benzene rings is 1. The van der Waals surface area contributed by atoms with Crippen molar-refractivity contribution >= 4 is 0 Å². The van der Waals surface area contributed by atoms with Crippen LogP contribution in [0.3, 0.4) is 0 Å². The maximum Gasteiger partial charge on any atom is -0.00359 e. The smallest absolute Gasteiger partial charge is 0.00359 e. The molecular weight excluding hydrogens is 180 g/mol. The van der Waals surface area contributed by atoms with Gasteiger partial charge >= 0.3 is 0 Å². The van der Waals surface area contributed by atoms with Crippen LogP contribution in [0, 0.1) is 5.41 Å². The molecule has 1 fully saturated rings. The first-order valence-electron chi connectivity index (χ1n) is 6.03. The Balaban J connectivity index is 2.32. The quantitative estimate of drug-likeness (QED) is 0.593. The highest BCUT2D eigenvalue weighted by Gasteiger charge is 2.68. The first-order chi connectivity index (χ1) is 6.93. The van der Waals surface area contributed by atoms with Gasteiger partial charge in [-0.2, -0.15) is 0 Å². The first-order valence-corrected chi connectivity index (χ1v) is 6.03.